The van der Waals surface area contributed by atoms with Gasteiger partial charge in [0.2, 0.25) is 0 Å². The molecule has 0 saturated carbocycles. The lowest BCUT2D eigenvalue weighted by Crippen LogP contribution is -2.00. The van der Waals surface area contributed by atoms with Crippen molar-refractivity contribution in [3.05, 3.63) is 200 Å². The first kappa shape index (κ1) is 31.9. The van der Waals surface area contributed by atoms with Gasteiger partial charge in [0.15, 0.2) is 17.5 Å². The molecule has 0 aliphatic heterocycles. The topological polar surface area (TPSA) is 48.5 Å². The molecular weight excluding hydrogens is 683 g/mol. The van der Waals surface area contributed by atoms with Gasteiger partial charge >= 0.3 is 0 Å². The van der Waals surface area contributed by atoms with Crippen molar-refractivity contribution in [1.82, 2.24) is 24.1 Å². The molecule has 56 heavy (non-hydrogen) atoms. The van der Waals surface area contributed by atoms with E-state index in [0.717, 1.165) is 50.2 Å². The van der Waals surface area contributed by atoms with Crippen molar-refractivity contribution in [2.45, 2.75) is 0 Å². The van der Waals surface area contributed by atoms with E-state index in [0.29, 0.717) is 17.5 Å². The number of aromatic nitrogens is 5. The third kappa shape index (κ3) is 5.21. The van der Waals surface area contributed by atoms with Gasteiger partial charge in [-0.3, -0.25) is 0 Å². The van der Waals surface area contributed by atoms with E-state index < -0.39 is 0 Å². The van der Waals surface area contributed by atoms with E-state index in [2.05, 4.69) is 149 Å². The number of benzene rings is 8. The molecule has 3 heterocycles. The molecule has 5 heteroatoms. The SMILES string of the molecule is c1ccc(-c2nc(-c3ccccc3)nc(-c3ccc(-c4cc(-n5c6ccccc6c6ccccc65)cc5c6ccccc6n(-c6ccccc6)c45)cc3)n2)cc1. The molecule has 5 nitrogen and oxygen atoms in total. The van der Waals surface area contributed by atoms with Gasteiger partial charge in [-0.25, -0.2) is 15.0 Å². The fourth-order valence-electron chi connectivity index (χ4n) is 8.21. The van der Waals surface area contributed by atoms with Gasteiger partial charge in [-0.2, -0.15) is 0 Å². The third-order valence-electron chi connectivity index (χ3n) is 10.8. The van der Waals surface area contributed by atoms with Crippen molar-refractivity contribution < 1.29 is 0 Å². The average Bonchev–Trinajstić information content (AvgIpc) is 3.80. The molecule has 0 amide bonds. The molecule has 0 aliphatic rings. The van der Waals surface area contributed by atoms with Crippen LogP contribution in [-0.4, -0.2) is 24.1 Å². The zero-order valence-corrected chi connectivity index (χ0v) is 30.3. The number of hydrogen-bond acceptors (Lipinski definition) is 3. The predicted molar refractivity (Wildman–Crippen MR) is 230 cm³/mol. The predicted octanol–water partition coefficient (Wildman–Crippen LogP) is 12.7. The molecule has 0 fully saturated rings. The van der Waals surface area contributed by atoms with Gasteiger partial charge in [0, 0.05) is 55.2 Å². The van der Waals surface area contributed by atoms with E-state index in [1.54, 1.807) is 0 Å². The summed E-state index contributed by atoms with van der Waals surface area (Å²) in [5.41, 5.74) is 12.0. The molecule has 0 N–H and O–H groups in total. The lowest BCUT2D eigenvalue weighted by molar-refractivity contribution is 1.07. The molecular formula is C51H33N5. The van der Waals surface area contributed by atoms with Gasteiger partial charge < -0.3 is 9.13 Å². The highest BCUT2D eigenvalue weighted by atomic mass is 15.0. The first-order chi connectivity index (χ1) is 27.8. The molecule has 0 atom stereocenters. The summed E-state index contributed by atoms with van der Waals surface area (Å²) in [6.45, 7) is 0. The molecule has 0 bridgehead atoms. The molecule has 11 rings (SSSR count). The van der Waals surface area contributed by atoms with Crippen LogP contribution in [0.3, 0.4) is 0 Å². The van der Waals surface area contributed by atoms with Crippen LogP contribution in [0.4, 0.5) is 0 Å². The Morgan fingerprint density at radius 1 is 0.286 bits per heavy atom. The standard InChI is InChI=1S/C51H33N5/c1-4-16-35(17-5-1)49-52-50(36-18-6-2-7-19-36)54-51(53-49)37-30-28-34(29-31-37)43-32-39(55-45-25-13-10-22-40(45)41-23-11-14-26-46(41)55)33-44-42-24-12-15-27-47(42)56(48(43)44)38-20-8-3-9-21-38/h1-33H. The van der Waals surface area contributed by atoms with Crippen LogP contribution in [0.5, 0.6) is 0 Å². The largest absolute Gasteiger partial charge is 0.309 e. The van der Waals surface area contributed by atoms with Crippen LogP contribution in [0, 0.1) is 0 Å². The zero-order valence-electron chi connectivity index (χ0n) is 30.3. The molecule has 262 valence electrons. The minimum atomic E-state index is 0.631. The van der Waals surface area contributed by atoms with Crippen LogP contribution in [0.2, 0.25) is 0 Å². The molecule has 0 unspecified atom stereocenters. The lowest BCUT2D eigenvalue weighted by Gasteiger charge is -2.15. The molecule has 11 aromatic rings. The number of fused-ring (bicyclic) bond motifs is 6. The molecule has 0 radical (unpaired) electrons. The fourth-order valence-corrected chi connectivity index (χ4v) is 8.21. The summed E-state index contributed by atoms with van der Waals surface area (Å²) < 4.78 is 4.82. The van der Waals surface area contributed by atoms with Crippen molar-refractivity contribution in [3.63, 3.8) is 0 Å². The first-order valence-corrected chi connectivity index (χ1v) is 18.9. The van der Waals surface area contributed by atoms with Gasteiger partial charge in [-0.05, 0) is 48.0 Å². The van der Waals surface area contributed by atoms with Crippen molar-refractivity contribution in [2.24, 2.45) is 0 Å². The highest BCUT2D eigenvalue weighted by molar-refractivity contribution is 6.16. The summed E-state index contributed by atoms with van der Waals surface area (Å²) in [6.07, 6.45) is 0. The number of nitrogens with zero attached hydrogens (tertiary/aromatic N) is 5. The summed E-state index contributed by atoms with van der Waals surface area (Å²) in [4.78, 5) is 14.9. The van der Waals surface area contributed by atoms with Gasteiger partial charge in [0.25, 0.3) is 0 Å². The molecule has 0 aliphatic carbocycles. The molecule has 3 aromatic heterocycles. The van der Waals surface area contributed by atoms with Gasteiger partial charge in [-0.15, -0.1) is 0 Å². The van der Waals surface area contributed by atoms with Crippen LogP contribution in [-0.2, 0) is 0 Å². The average molecular weight is 716 g/mol. The molecule has 0 saturated heterocycles. The summed E-state index contributed by atoms with van der Waals surface area (Å²) in [7, 11) is 0. The maximum atomic E-state index is 5.01. The Labute approximate surface area is 323 Å². The van der Waals surface area contributed by atoms with Crippen LogP contribution in [0.1, 0.15) is 0 Å². The third-order valence-corrected chi connectivity index (χ3v) is 10.8. The maximum absolute atomic E-state index is 5.01. The smallest absolute Gasteiger partial charge is 0.164 e. The van der Waals surface area contributed by atoms with Crippen LogP contribution >= 0.6 is 0 Å². The molecule has 0 spiro atoms. The van der Waals surface area contributed by atoms with Gasteiger partial charge in [0.1, 0.15) is 0 Å². The number of para-hydroxylation sites is 4. The summed E-state index contributed by atoms with van der Waals surface area (Å²) in [5, 5.41) is 4.88. The minimum absolute atomic E-state index is 0.631. The lowest BCUT2D eigenvalue weighted by atomic mass is 9.99. The fraction of sp³-hybridized carbons (Fsp3) is 0. The van der Waals surface area contributed by atoms with Crippen LogP contribution in [0.15, 0.2) is 200 Å². The zero-order chi connectivity index (χ0) is 37.0. The van der Waals surface area contributed by atoms with E-state index >= 15 is 0 Å². The first-order valence-electron chi connectivity index (χ1n) is 18.9. The second-order valence-corrected chi connectivity index (χ2v) is 14.1. The second-order valence-electron chi connectivity index (χ2n) is 14.1. The summed E-state index contributed by atoms with van der Waals surface area (Å²) in [5.74, 6) is 1.92. The quantitative estimate of drug-likeness (QED) is 0.172. The summed E-state index contributed by atoms with van der Waals surface area (Å²) in [6, 6.07) is 70.5. The van der Waals surface area contributed by atoms with Crippen LogP contribution < -0.4 is 0 Å². The molecule has 8 aromatic carbocycles. The highest BCUT2D eigenvalue weighted by Crippen LogP contribution is 2.42. The van der Waals surface area contributed by atoms with E-state index in [9.17, 15) is 0 Å². The Morgan fingerprint density at radius 3 is 1.20 bits per heavy atom. The minimum Gasteiger partial charge on any atom is -0.309 e. The van der Waals surface area contributed by atoms with Crippen molar-refractivity contribution in [2.75, 3.05) is 0 Å². The van der Waals surface area contributed by atoms with E-state index in [1.807, 2.05) is 60.7 Å². The Hall–Kier alpha value is -7.63. The van der Waals surface area contributed by atoms with E-state index in [-0.39, 0.29) is 0 Å². The summed E-state index contributed by atoms with van der Waals surface area (Å²) >= 11 is 0. The number of rotatable bonds is 6. The maximum Gasteiger partial charge on any atom is 0.164 e. The normalized spacial score (nSPS) is 11.6. The Kier molecular flexibility index (Phi) is 7.42. The van der Waals surface area contributed by atoms with E-state index in [4.69, 9.17) is 15.0 Å². The van der Waals surface area contributed by atoms with Gasteiger partial charge in [-0.1, -0.05) is 158 Å². The number of hydrogen-bond donors (Lipinski definition) is 0. The highest BCUT2D eigenvalue weighted by Gasteiger charge is 2.21. The van der Waals surface area contributed by atoms with Crippen molar-refractivity contribution in [1.29, 1.82) is 0 Å². The Balaban J connectivity index is 1.16. The monoisotopic (exact) mass is 715 g/mol. The van der Waals surface area contributed by atoms with E-state index in [1.165, 1.54) is 32.6 Å². The van der Waals surface area contributed by atoms with Crippen molar-refractivity contribution >= 4 is 43.6 Å². The van der Waals surface area contributed by atoms with Gasteiger partial charge in [0.05, 0.1) is 22.1 Å². The Bertz CT molecular complexity index is 3110. The second kappa shape index (κ2) is 13.0. The Morgan fingerprint density at radius 2 is 0.679 bits per heavy atom. The van der Waals surface area contributed by atoms with Crippen LogP contribution in [0.25, 0.3) is 100 Å². The van der Waals surface area contributed by atoms with Crippen molar-refractivity contribution in [3.8, 4) is 56.7 Å².